The number of hydrogen-bond acceptors (Lipinski definition) is 0. The smallest absolute Gasteiger partial charge is 0.00197 e. The first kappa shape index (κ1) is 30.1. The number of benzene rings is 10. The molecule has 0 saturated heterocycles. The van der Waals surface area contributed by atoms with Gasteiger partial charge in [-0.25, -0.2) is 0 Å². The van der Waals surface area contributed by atoms with Crippen molar-refractivity contribution in [1.29, 1.82) is 0 Å². The molecular formula is C52H34. The second-order valence-corrected chi connectivity index (χ2v) is 13.6. The van der Waals surface area contributed by atoms with Gasteiger partial charge in [-0.15, -0.1) is 0 Å². The van der Waals surface area contributed by atoms with Gasteiger partial charge in [-0.1, -0.05) is 176 Å². The topological polar surface area (TPSA) is 0 Å². The second kappa shape index (κ2) is 12.5. The van der Waals surface area contributed by atoms with Crippen LogP contribution in [0, 0.1) is 0 Å². The maximum absolute atomic E-state index is 2.43. The van der Waals surface area contributed by atoms with Crippen LogP contribution in [0.25, 0.3) is 98.7 Å². The van der Waals surface area contributed by atoms with Crippen LogP contribution in [0.3, 0.4) is 0 Å². The van der Waals surface area contributed by atoms with E-state index in [9.17, 15) is 0 Å². The van der Waals surface area contributed by atoms with Crippen LogP contribution in [-0.2, 0) is 0 Å². The fraction of sp³-hybridized carbons (Fsp3) is 0. The van der Waals surface area contributed by atoms with E-state index in [2.05, 4.69) is 206 Å². The monoisotopic (exact) mass is 658 g/mol. The molecule has 0 heteroatoms. The van der Waals surface area contributed by atoms with Crippen LogP contribution in [-0.4, -0.2) is 0 Å². The largest absolute Gasteiger partial charge is 0.0622 e. The lowest BCUT2D eigenvalue weighted by atomic mass is 9.81. The molecular weight excluding hydrogens is 625 g/mol. The molecule has 0 saturated carbocycles. The molecule has 52 heavy (non-hydrogen) atoms. The molecule has 0 aliphatic rings. The summed E-state index contributed by atoms with van der Waals surface area (Å²) in [7, 11) is 0. The van der Waals surface area contributed by atoms with Crippen molar-refractivity contribution in [3.63, 3.8) is 0 Å². The van der Waals surface area contributed by atoms with Gasteiger partial charge in [0.2, 0.25) is 0 Å². The van der Waals surface area contributed by atoms with Gasteiger partial charge in [0.05, 0.1) is 0 Å². The molecule has 0 spiro atoms. The molecule has 0 aromatic heterocycles. The van der Waals surface area contributed by atoms with Crippen molar-refractivity contribution in [2.24, 2.45) is 0 Å². The van der Waals surface area contributed by atoms with Crippen LogP contribution in [0.4, 0.5) is 0 Å². The van der Waals surface area contributed by atoms with Gasteiger partial charge in [-0.2, -0.15) is 0 Å². The van der Waals surface area contributed by atoms with Crippen LogP contribution in [0.15, 0.2) is 206 Å². The van der Waals surface area contributed by atoms with E-state index in [1.807, 2.05) is 0 Å². The average molecular weight is 659 g/mol. The van der Waals surface area contributed by atoms with E-state index < -0.39 is 0 Å². The third-order valence-corrected chi connectivity index (χ3v) is 10.6. The van der Waals surface area contributed by atoms with Gasteiger partial charge in [-0.3, -0.25) is 0 Å². The van der Waals surface area contributed by atoms with Crippen molar-refractivity contribution in [3.05, 3.63) is 206 Å². The van der Waals surface area contributed by atoms with Gasteiger partial charge in [0.25, 0.3) is 0 Å². The zero-order valence-corrected chi connectivity index (χ0v) is 28.6. The van der Waals surface area contributed by atoms with Crippen LogP contribution in [0.1, 0.15) is 0 Å². The summed E-state index contributed by atoms with van der Waals surface area (Å²) in [6, 6.07) is 75.7. The summed E-state index contributed by atoms with van der Waals surface area (Å²) in [4.78, 5) is 0. The third kappa shape index (κ3) is 5.08. The minimum atomic E-state index is 1.21. The predicted molar refractivity (Wildman–Crippen MR) is 224 cm³/mol. The highest BCUT2D eigenvalue weighted by Gasteiger charge is 2.21. The molecule has 10 aromatic rings. The zero-order chi connectivity index (χ0) is 34.4. The number of rotatable bonds is 5. The Labute approximate surface area is 303 Å². The maximum atomic E-state index is 2.43. The minimum Gasteiger partial charge on any atom is -0.0622 e. The summed E-state index contributed by atoms with van der Waals surface area (Å²) in [5.41, 5.74) is 12.3. The van der Waals surface area contributed by atoms with Crippen LogP contribution in [0.2, 0.25) is 0 Å². The quantitative estimate of drug-likeness (QED) is 0.161. The molecule has 0 aliphatic heterocycles. The predicted octanol–water partition coefficient (Wildman–Crippen LogP) is 14.6. The summed E-state index contributed by atoms with van der Waals surface area (Å²) in [5, 5.41) is 9.97. The average Bonchev–Trinajstić information content (AvgIpc) is 3.22. The van der Waals surface area contributed by atoms with E-state index in [-0.39, 0.29) is 0 Å². The second-order valence-electron chi connectivity index (χ2n) is 13.6. The summed E-state index contributed by atoms with van der Waals surface area (Å²) >= 11 is 0. The molecule has 0 nitrogen and oxygen atoms in total. The Bertz CT molecular complexity index is 2920. The van der Waals surface area contributed by atoms with Gasteiger partial charge < -0.3 is 0 Å². The highest BCUT2D eigenvalue weighted by molar-refractivity contribution is 6.25. The van der Waals surface area contributed by atoms with E-state index >= 15 is 0 Å². The van der Waals surface area contributed by atoms with E-state index in [1.165, 1.54) is 98.7 Å². The van der Waals surface area contributed by atoms with Gasteiger partial charge in [0.15, 0.2) is 0 Å². The highest BCUT2D eigenvalue weighted by atomic mass is 14.2. The first-order chi connectivity index (χ1) is 25.8. The Morgan fingerprint density at radius 1 is 0.192 bits per heavy atom. The van der Waals surface area contributed by atoms with Crippen molar-refractivity contribution < 1.29 is 0 Å². The lowest BCUT2D eigenvalue weighted by Gasteiger charge is -2.22. The fourth-order valence-electron chi connectivity index (χ4n) is 8.19. The SMILES string of the molecule is c1ccc(-c2ccc(-c3c4ccccc4c(-c4cc5ccccc5cc4-c4ccccc4)c4cc5ccccc5cc34)cc2-c2ccccc2)cc1. The summed E-state index contributed by atoms with van der Waals surface area (Å²) in [5.74, 6) is 0. The Hall–Kier alpha value is -6.76. The molecule has 0 aliphatic carbocycles. The van der Waals surface area contributed by atoms with Crippen LogP contribution < -0.4 is 0 Å². The Morgan fingerprint density at radius 2 is 0.577 bits per heavy atom. The van der Waals surface area contributed by atoms with E-state index in [0.717, 1.165) is 0 Å². The van der Waals surface area contributed by atoms with Crippen LogP contribution in [0.5, 0.6) is 0 Å². The Kier molecular flexibility index (Phi) is 7.25. The molecule has 0 fully saturated rings. The number of hydrogen-bond donors (Lipinski definition) is 0. The van der Waals surface area contributed by atoms with Crippen LogP contribution >= 0.6 is 0 Å². The van der Waals surface area contributed by atoms with Crippen molar-refractivity contribution in [3.8, 4) is 55.6 Å². The molecule has 0 heterocycles. The lowest BCUT2D eigenvalue weighted by molar-refractivity contribution is 1.58. The Balaban J connectivity index is 1.35. The zero-order valence-electron chi connectivity index (χ0n) is 28.6. The Morgan fingerprint density at radius 3 is 1.12 bits per heavy atom. The highest BCUT2D eigenvalue weighted by Crippen LogP contribution is 2.49. The summed E-state index contributed by atoms with van der Waals surface area (Å²) in [6.45, 7) is 0. The lowest BCUT2D eigenvalue weighted by Crippen LogP contribution is -1.94. The van der Waals surface area contributed by atoms with Gasteiger partial charge in [0.1, 0.15) is 0 Å². The molecule has 0 amide bonds. The maximum Gasteiger partial charge on any atom is -0.00197 e. The van der Waals surface area contributed by atoms with Gasteiger partial charge in [0, 0.05) is 0 Å². The molecule has 0 unspecified atom stereocenters. The van der Waals surface area contributed by atoms with Gasteiger partial charge in [-0.05, 0) is 129 Å². The van der Waals surface area contributed by atoms with Crippen molar-refractivity contribution in [2.75, 3.05) is 0 Å². The molecule has 0 bridgehead atoms. The van der Waals surface area contributed by atoms with Gasteiger partial charge >= 0.3 is 0 Å². The summed E-state index contributed by atoms with van der Waals surface area (Å²) in [6.07, 6.45) is 0. The number of fused-ring (bicyclic) bond motifs is 4. The molecule has 0 radical (unpaired) electrons. The third-order valence-electron chi connectivity index (χ3n) is 10.6. The minimum absolute atomic E-state index is 1.21. The molecule has 0 N–H and O–H groups in total. The fourth-order valence-corrected chi connectivity index (χ4v) is 8.19. The van der Waals surface area contributed by atoms with E-state index in [4.69, 9.17) is 0 Å². The normalized spacial score (nSPS) is 11.5. The van der Waals surface area contributed by atoms with Crippen molar-refractivity contribution in [1.82, 2.24) is 0 Å². The molecule has 10 rings (SSSR count). The molecule has 10 aromatic carbocycles. The van der Waals surface area contributed by atoms with E-state index in [1.54, 1.807) is 0 Å². The molecule has 0 atom stereocenters. The molecule has 242 valence electrons. The van der Waals surface area contributed by atoms with Crippen molar-refractivity contribution in [2.45, 2.75) is 0 Å². The summed E-state index contributed by atoms with van der Waals surface area (Å²) < 4.78 is 0. The first-order valence-corrected chi connectivity index (χ1v) is 18.0. The van der Waals surface area contributed by atoms with E-state index in [0.29, 0.717) is 0 Å². The first-order valence-electron chi connectivity index (χ1n) is 18.0. The van der Waals surface area contributed by atoms with Crippen molar-refractivity contribution >= 4 is 43.1 Å². The standard InChI is InChI=1S/C52H34/c1-4-16-35(17-5-1)43-29-28-42(34-46(43)36-18-6-2-7-19-36)51-44-26-14-15-27-45(44)52(50-33-41-25-13-12-24-40(41)32-49(50)51)48-31-39-23-11-10-22-38(39)30-47(48)37-20-8-3-9-21-37/h1-34H.